The lowest BCUT2D eigenvalue weighted by Crippen LogP contribution is -2.22. The summed E-state index contributed by atoms with van der Waals surface area (Å²) in [5.74, 6) is 1.14. The maximum absolute atomic E-state index is 12.1. The number of nitrogens with zero attached hydrogens (tertiary/aromatic N) is 4. The van der Waals surface area contributed by atoms with Crippen LogP contribution in [0.1, 0.15) is 23.3 Å². The number of hydrogen-bond donors (Lipinski definition) is 2. The second-order valence-electron chi connectivity index (χ2n) is 5.89. The number of aromatic nitrogens is 4. The molecule has 2 N–H and O–H groups in total. The van der Waals surface area contributed by atoms with Crippen molar-refractivity contribution in [3.8, 4) is 0 Å². The SMILES string of the molecule is Cn1ccc(NC(=O)CNc2ncnc3sc4c(c23)CCCC4)n1. The highest BCUT2D eigenvalue weighted by atomic mass is 32.1. The van der Waals surface area contributed by atoms with E-state index >= 15 is 0 Å². The van der Waals surface area contributed by atoms with Crippen LogP contribution in [0.25, 0.3) is 10.2 Å². The van der Waals surface area contributed by atoms with Crippen LogP contribution in [0.5, 0.6) is 0 Å². The van der Waals surface area contributed by atoms with Gasteiger partial charge in [-0.2, -0.15) is 5.10 Å². The summed E-state index contributed by atoms with van der Waals surface area (Å²) in [5.41, 5.74) is 1.36. The average molecular weight is 342 g/mol. The van der Waals surface area contributed by atoms with Crippen LogP contribution < -0.4 is 10.6 Å². The number of fused-ring (bicyclic) bond motifs is 3. The van der Waals surface area contributed by atoms with E-state index in [-0.39, 0.29) is 12.5 Å². The van der Waals surface area contributed by atoms with Crippen molar-refractivity contribution >= 4 is 39.1 Å². The Kier molecular flexibility index (Phi) is 3.89. The van der Waals surface area contributed by atoms with Crippen molar-refractivity contribution in [1.29, 1.82) is 0 Å². The van der Waals surface area contributed by atoms with Crippen LogP contribution in [0.3, 0.4) is 0 Å². The van der Waals surface area contributed by atoms with E-state index in [1.165, 1.54) is 23.3 Å². The Hall–Kier alpha value is -2.48. The summed E-state index contributed by atoms with van der Waals surface area (Å²) in [6, 6.07) is 1.76. The fourth-order valence-electron chi connectivity index (χ4n) is 3.06. The molecule has 0 saturated carbocycles. The van der Waals surface area contributed by atoms with Gasteiger partial charge >= 0.3 is 0 Å². The lowest BCUT2D eigenvalue weighted by atomic mass is 9.97. The van der Waals surface area contributed by atoms with Gasteiger partial charge < -0.3 is 10.6 Å². The smallest absolute Gasteiger partial charge is 0.244 e. The minimum Gasteiger partial charge on any atom is -0.360 e. The molecule has 3 aromatic rings. The molecule has 24 heavy (non-hydrogen) atoms. The van der Waals surface area contributed by atoms with Gasteiger partial charge in [-0.3, -0.25) is 9.48 Å². The van der Waals surface area contributed by atoms with Gasteiger partial charge in [0.25, 0.3) is 0 Å². The van der Waals surface area contributed by atoms with Gasteiger partial charge in [0.05, 0.1) is 11.9 Å². The summed E-state index contributed by atoms with van der Waals surface area (Å²) in [5, 5.41) is 11.1. The van der Waals surface area contributed by atoms with Crippen LogP contribution in [-0.2, 0) is 24.7 Å². The minimum absolute atomic E-state index is 0.146. The molecule has 4 rings (SSSR count). The highest BCUT2D eigenvalue weighted by molar-refractivity contribution is 7.19. The maximum Gasteiger partial charge on any atom is 0.244 e. The van der Waals surface area contributed by atoms with Crippen molar-refractivity contribution in [2.45, 2.75) is 25.7 Å². The van der Waals surface area contributed by atoms with Gasteiger partial charge in [0, 0.05) is 24.2 Å². The first-order chi connectivity index (χ1) is 11.7. The standard InChI is InChI=1S/C16H18N6OS/c1-22-7-6-12(21-22)20-13(23)8-17-15-14-10-4-2-3-5-11(10)24-16(14)19-9-18-15/h6-7,9H,2-5,8H2,1H3,(H,17,18,19)(H,20,21,23). The predicted octanol–water partition coefficient (Wildman–Crippen LogP) is 2.35. The third-order valence-corrected chi connectivity index (χ3v) is 5.35. The molecule has 0 bridgehead atoms. The molecule has 0 fully saturated rings. The number of amides is 1. The third kappa shape index (κ3) is 2.84. The number of hydrogen-bond acceptors (Lipinski definition) is 6. The molecule has 0 atom stereocenters. The summed E-state index contributed by atoms with van der Waals surface area (Å²) in [7, 11) is 1.81. The highest BCUT2D eigenvalue weighted by Gasteiger charge is 2.20. The second-order valence-corrected chi connectivity index (χ2v) is 6.97. The van der Waals surface area contributed by atoms with Crippen molar-refractivity contribution in [2.75, 3.05) is 17.2 Å². The molecule has 3 heterocycles. The zero-order valence-electron chi connectivity index (χ0n) is 13.4. The van der Waals surface area contributed by atoms with E-state index in [4.69, 9.17) is 0 Å². The van der Waals surface area contributed by atoms with Crippen LogP contribution in [-0.4, -0.2) is 32.2 Å². The molecule has 124 valence electrons. The Balaban J connectivity index is 1.52. The quantitative estimate of drug-likeness (QED) is 0.760. The summed E-state index contributed by atoms with van der Waals surface area (Å²) in [4.78, 5) is 23.3. The van der Waals surface area contributed by atoms with E-state index in [1.54, 1.807) is 34.6 Å². The predicted molar refractivity (Wildman–Crippen MR) is 94.4 cm³/mol. The summed E-state index contributed by atoms with van der Waals surface area (Å²) >= 11 is 1.75. The number of nitrogens with one attached hydrogen (secondary N) is 2. The normalized spacial score (nSPS) is 13.7. The lowest BCUT2D eigenvalue weighted by molar-refractivity contribution is -0.114. The van der Waals surface area contributed by atoms with Crippen LogP contribution in [0.4, 0.5) is 11.6 Å². The topological polar surface area (TPSA) is 84.7 Å². The van der Waals surface area contributed by atoms with Crippen molar-refractivity contribution < 1.29 is 4.79 Å². The first-order valence-electron chi connectivity index (χ1n) is 7.99. The second kappa shape index (κ2) is 6.20. The van der Waals surface area contributed by atoms with Crippen molar-refractivity contribution in [3.63, 3.8) is 0 Å². The lowest BCUT2D eigenvalue weighted by Gasteiger charge is -2.12. The van der Waals surface area contributed by atoms with Gasteiger partial charge in [0.1, 0.15) is 17.0 Å². The number of thiophene rings is 1. The molecular formula is C16H18N6OS. The van der Waals surface area contributed by atoms with Gasteiger partial charge in [-0.1, -0.05) is 0 Å². The molecule has 8 heteroatoms. The molecule has 0 spiro atoms. The molecule has 1 amide bonds. The molecular weight excluding hydrogens is 324 g/mol. The molecule has 3 aromatic heterocycles. The van der Waals surface area contributed by atoms with Crippen LogP contribution >= 0.6 is 11.3 Å². The largest absolute Gasteiger partial charge is 0.360 e. The van der Waals surface area contributed by atoms with Crippen LogP contribution in [0.15, 0.2) is 18.6 Å². The van der Waals surface area contributed by atoms with Crippen molar-refractivity contribution in [2.24, 2.45) is 7.05 Å². The Bertz CT molecular complexity index is 899. The molecule has 7 nitrogen and oxygen atoms in total. The maximum atomic E-state index is 12.1. The van der Waals surface area contributed by atoms with Crippen molar-refractivity contribution in [3.05, 3.63) is 29.0 Å². The summed E-state index contributed by atoms with van der Waals surface area (Å²) < 4.78 is 1.65. The van der Waals surface area contributed by atoms with Gasteiger partial charge in [0.2, 0.25) is 5.91 Å². The van der Waals surface area contributed by atoms with Crippen LogP contribution in [0.2, 0.25) is 0 Å². The summed E-state index contributed by atoms with van der Waals surface area (Å²) in [6.07, 6.45) is 7.97. The molecule has 1 aliphatic rings. The first-order valence-corrected chi connectivity index (χ1v) is 8.81. The zero-order valence-corrected chi connectivity index (χ0v) is 14.2. The molecule has 0 aliphatic heterocycles. The number of aryl methyl sites for hydroxylation is 3. The number of carbonyl (C=O) groups is 1. The Morgan fingerprint density at radius 3 is 3.04 bits per heavy atom. The van der Waals surface area contributed by atoms with E-state index in [9.17, 15) is 4.79 Å². The molecule has 0 radical (unpaired) electrons. The van der Waals surface area contributed by atoms with E-state index in [2.05, 4.69) is 25.7 Å². The Labute approximate surface area is 143 Å². The van der Waals surface area contributed by atoms with E-state index in [0.717, 1.165) is 28.9 Å². The molecule has 0 aromatic carbocycles. The first kappa shape index (κ1) is 15.1. The van der Waals surface area contributed by atoms with Gasteiger partial charge in [-0.15, -0.1) is 11.3 Å². The van der Waals surface area contributed by atoms with E-state index in [1.807, 2.05) is 7.05 Å². The monoisotopic (exact) mass is 342 g/mol. The number of rotatable bonds is 4. The zero-order chi connectivity index (χ0) is 16.5. The Morgan fingerprint density at radius 1 is 1.33 bits per heavy atom. The van der Waals surface area contributed by atoms with Gasteiger partial charge in [0.15, 0.2) is 5.82 Å². The Morgan fingerprint density at radius 2 is 2.21 bits per heavy atom. The number of anilines is 2. The van der Waals surface area contributed by atoms with Gasteiger partial charge in [-0.05, 0) is 31.2 Å². The van der Waals surface area contributed by atoms with Crippen LogP contribution in [0, 0.1) is 0 Å². The highest BCUT2D eigenvalue weighted by Crippen LogP contribution is 2.37. The minimum atomic E-state index is -0.149. The average Bonchev–Trinajstić information content (AvgIpc) is 3.16. The third-order valence-electron chi connectivity index (χ3n) is 4.15. The molecule has 1 aliphatic carbocycles. The van der Waals surface area contributed by atoms with E-state index in [0.29, 0.717) is 5.82 Å². The molecule has 0 saturated heterocycles. The van der Waals surface area contributed by atoms with Gasteiger partial charge in [-0.25, -0.2) is 9.97 Å². The number of carbonyl (C=O) groups excluding carboxylic acids is 1. The fourth-order valence-corrected chi connectivity index (χ4v) is 4.29. The van der Waals surface area contributed by atoms with Crippen molar-refractivity contribution in [1.82, 2.24) is 19.7 Å². The summed E-state index contributed by atoms with van der Waals surface area (Å²) in [6.45, 7) is 0.146. The van der Waals surface area contributed by atoms with E-state index < -0.39 is 0 Å². The fraction of sp³-hybridized carbons (Fsp3) is 0.375. The molecule has 0 unspecified atom stereocenters.